The van der Waals surface area contributed by atoms with Crippen LogP contribution in [0, 0.1) is 34.1 Å². The first-order valence-corrected chi connectivity index (χ1v) is 2.21. The molecule has 0 saturated carbocycles. The van der Waals surface area contributed by atoms with E-state index in [0.29, 0.717) is 0 Å². The van der Waals surface area contributed by atoms with Crippen LogP contribution in [-0.2, 0) is 0 Å². The minimum Gasteiger partial charge on any atom is -0.383 e. The van der Waals surface area contributed by atoms with Crippen molar-refractivity contribution in [3.8, 4) is 18.3 Å². The van der Waals surface area contributed by atoms with Crippen LogP contribution in [0.5, 0.6) is 0 Å². The second-order valence-electron chi connectivity index (χ2n) is 1.25. The predicted octanol–water partition coefficient (Wildman–Crippen LogP) is -1.11. The molecule has 0 amide bonds. The molecule has 1 radical (unpaired) electrons. The Balaban J connectivity index is 0. The van der Waals surface area contributed by atoms with Crippen molar-refractivity contribution in [1.82, 2.24) is 5.32 Å². The molecule has 0 atom stereocenters. The van der Waals surface area contributed by atoms with Gasteiger partial charge in [0.1, 0.15) is 18.0 Å². The fraction of sp³-hybridized carbons (Fsp3) is 0. The minimum atomic E-state index is -0.290. The number of hydrogen-bond donors (Lipinski definition) is 2. The largest absolute Gasteiger partial charge is 0.383 e. The summed E-state index contributed by atoms with van der Waals surface area (Å²) in [6, 6.07) is 3.03. The normalized spacial score (nSPS) is 5.55. The minimum absolute atomic E-state index is 0. The number of nitrogens with two attached hydrogens (primary N) is 1. The van der Waals surface area contributed by atoms with Crippen molar-refractivity contribution < 1.29 is 0 Å². The van der Waals surface area contributed by atoms with E-state index in [2.05, 4.69) is 0 Å². The van der Waals surface area contributed by atoms with Gasteiger partial charge in [-0.15, -0.1) is 0 Å². The van der Waals surface area contributed by atoms with Crippen LogP contribution in [-0.4, -0.2) is 29.6 Å². The van der Waals surface area contributed by atoms with E-state index in [1.807, 2.05) is 5.32 Å². The van der Waals surface area contributed by atoms with Gasteiger partial charge in [0.05, 0.1) is 0 Å². The van der Waals surface area contributed by atoms with Crippen LogP contribution in [0.15, 0.2) is 11.4 Å². The number of nitriles is 3. The first-order chi connectivity index (χ1) is 4.76. The molecule has 11 heavy (non-hydrogen) atoms. The predicted molar refractivity (Wildman–Crippen MR) is 36.9 cm³/mol. The third-order valence-corrected chi connectivity index (χ3v) is 0.684. The molecular weight excluding hydrogens is 153 g/mol. The average Bonchev–Trinajstić information content (AvgIpc) is 1.91. The van der Waals surface area contributed by atoms with Crippen LogP contribution >= 0.6 is 0 Å². The zero-order valence-electron chi connectivity index (χ0n) is 5.92. The molecule has 0 aliphatic heterocycles. The molecule has 0 aromatic heterocycles. The van der Waals surface area contributed by atoms with E-state index in [-0.39, 0.29) is 41.0 Å². The van der Waals surface area contributed by atoms with Crippen LogP contribution in [0.25, 0.3) is 0 Å². The summed E-state index contributed by atoms with van der Waals surface area (Å²) in [5, 5.41) is 26.3. The first kappa shape index (κ1) is 12.5. The average molecular weight is 156 g/mol. The van der Waals surface area contributed by atoms with Crippen molar-refractivity contribution in [2.24, 2.45) is 5.73 Å². The smallest absolute Gasteiger partial charge is 0.182 e. The van der Waals surface area contributed by atoms with Crippen molar-refractivity contribution in [1.29, 1.82) is 15.8 Å². The van der Waals surface area contributed by atoms with Gasteiger partial charge in [0.2, 0.25) is 0 Å². The molecule has 0 bridgehead atoms. The molecule has 5 nitrogen and oxygen atoms in total. The van der Waals surface area contributed by atoms with Crippen molar-refractivity contribution in [3.63, 3.8) is 0 Å². The molecule has 0 rings (SSSR count). The SMILES string of the molecule is N#CNC(N)=C(C#N)C#N.[Na]. The van der Waals surface area contributed by atoms with E-state index in [9.17, 15) is 0 Å². The van der Waals surface area contributed by atoms with Crippen LogP contribution in [0.4, 0.5) is 0 Å². The third-order valence-electron chi connectivity index (χ3n) is 0.684. The summed E-state index contributed by atoms with van der Waals surface area (Å²) < 4.78 is 0. The maximum Gasteiger partial charge on any atom is 0.182 e. The Morgan fingerprint density at radius 2 is 1.64 bits per heavy atom. The van der Waals surface area contributed by atoms with Crippen molar-refractivity contribution >= 4 is 29.6 Å². The van der Waals surface area contributed by atoms with Gasteiger partial charge in [-0.1, -0.05) is 0 Å². The van der Waals surface area contributed by atoms with Crippen LogP contribution in [0.2, 0.25) is 0 Å². The topological polar surface area (TPSA) is 109 Å². The Labute approximate surface area is 86.0 Å². The van der Waals surface area contributed by atoms with Crippen molar-refractivity contribution in [3.05, 3.63) is 11.4 Å². The van der Waals surface area contributed by atoms with Crippen LogP contribution in [0.3, 0.4) is 0 Å². The molecule has 0 spiro atoms. The maximum atomic E-state index is 8.16. The molecule has 0 saturated heterocycles. The number of nitrogens with one attached hydrogen (secondary N) is 1. The molecule has 0 unspecified atom stereocenters. The Bertz CT molecular complexity index is 257. The molecule has 0 aliphatic carbocycles. The molecule has 0 fully saturated rings. The summed E-state index contributed by atoms with van der Waals surface area (Å²) in [7, 11) is 0. The molecule has 3 N–H and O–H groups in total. The number of hydrogen-bond acceptors (Lipinski definition) is 5. The van der Waals surface area contributed by atoms with E-state index in [0.717, 1.165) is 0 Å². The molecule has 0 aromatic rings. The zero-order chi connectivity index (χ0) is 7.98. The van der Waals surface area contributed by atoms with E-state index in [1.165, 1.54) is 18.3 Å². The summed E-state index contributed by atoms with van der Waals surface area (Å²) in [6.07, 6.45) is 1.48. The standard InChI is InChI=1S/C5H3N5.Na/c6-1-4(2-7)5(9)10-3-8;/h10H,9H2;. The first-order valence-electron chi connectivity index (χ1n) is 2.21. The quantitative estimate of drug-likeness (QED) is 0.216. The fourth-order valence-electron chi connectivity index (χ4n) is 0.268. The number of allylic oxidation sites excluding steroid dienone is 1. The summed E-state index contributed by atoms with van der Waals surface area (Å²) in [5.74, 6) is -0.215. The van der Waals surface area contributed by atoms with Gasteiger partial charge in [0.25, 0.3) is 0 Å². The van der Waals surface area contributed by atoms with E-state index in [1.54, 1.807) is 0 Å². The van der Waals surface area contributed by atoms with Crippen LogP contribution < -0.4 is 11.1 Å². The van der Waals surface area contributed by atoms with Gasteiger partial charge in [-0.05, 0) is 0 Å². The van der Waals surface area contributed by atoms with Crippen molar-refractivity contribution in [2.75, 3.05) is 0 Å². The van der Waals surface area contributed by atoms with Gasteiger partial charge in [-0.3, -0.25) is 5.32 Å². The monoisotopic (exact) mass is 156 g/mol. The van der Waals surface area contributed by atoms with Gasteiger partial charge < -0.3 is 5.73 Å². The Morgan fingerprint density at radius 1 is 1.18 bits per heavy atom. The second kappa shape index (κ2) is 6.92. The summed E-state index contributed by atoms with van der Waals surface area (Å²) in [5.41, 5.74) is 4.76. The zero-order valence-corrected chi connectivity index (χ0v) is 7.92. The second-order valence-corrected chi connectivity index (χ2v) is 1.25. The van der Waals surface area contributed by atoms with Gasteiger partial charge >= 0.3 is 0 Å². The third kappa shape index (κ3) is 4.25. The molecule has 0 heterocycles. The van der Waals surface area contributed by atoms with Gasteiger partial charge in [0, 0.05) is 29.6 Å². The molecule has 0 aromatic carbocycles. The Hall–Kier alpha value is -1.19. The Kier molecular flexibility index (Phi) is 7.86. The summed E-state index contributed by atoms with van der Waals surface area (Å²) >= 11 is 0. The van der Waals surface area contributed by atoms with Crippen molar-refractivity contribution in [2.45, 2.75) is 0 Å². The number of nitrogens with zero attached hydrogens (tertiary/aromatic N) is 3. The van der Waals surface area contributed by atoms with E-state index >= 15 is 0 Å². The summed E-state index contributed by atoms with van der Waals surface area (Å²) in [4.78, 5) is 0. The van der Waals surface area contributed by atoms with Crippen LogP contribution in [0.1, 0.15) is 0 Å². The molecular formula is C5H3N5Na. The molecule has 6 heteroatoms. The fourth-order valence-corrected chi connectivity index (χ4v) is 0.268. The van der Waals surface area contributed by atoms with Gasteiger partial charge in [-0.2, -0.15) is 15.8 Å². The van der Waals surface area contributed by atoms with Gasteiger partial charge in [-0.25, -0.2) is 0 Å². The number of rotatable bonds is 1. The maximum absolute atomic E-state index is 8.16. The Morgan fingerprint density at radius 3 is 1.91 bits per heavy atom. The summed E-state index contributed by atoms with van der Waals surface area (Å²) in [6.45, 7) is 0. The van der Waals surface area contributed by atoms with Gasteiger partial charge in [0.15, 0.2) is 11.8 Å². The van der Waals surface area contributed by atoms with E-state index < -0.39 is 0 Å². The van der Waals surface area contributed by atoms with E-state index in [4.69, 9.17) is 21.5 Å². The molecule has 49 valence electrons. The molecule has 0 aliphatic rings.